The van der Waals surface area contributed by atoms with Gasteiger partial charge < -0.3 is 18.9 Å². The molecule has 0 aliphatic rings. The molecule has 0 amide bonds. The number of halogens is 1. The molecular weight excluding hydrogens is 1320 g/mol. The van der Waals surface area contributed by atoms with Crippen molar-refractivity contribution in [3.63, 3.8) is 0 Å². The summed E-state index contributed by atoms with van der Waals surface area (Å²) in [5.41, 5.74) is 20.8. The van der Waals surface area contributed by atoms with Crippen LogP contribution in [0.1, 0.15) is 7.43 Å². The first-order valence-electron chi connectivity index (χ1n) is 34.4. The zero-order valence-corrected chi connectivity index (χ0v) is 56.9. The number of fused-ring (bicyclic) bond motifs is 12. The van der Waals surface area contributed by atoms with Crippen molar-refractivity contribution < 1.29 is 18.9 Å². The smallest absolute Gasteiger partial charge is 0.455 e. The summed E-state index contributed by atoms with van der Waals surface area (Å²) in [6.45, 7) is 0. The Balaban J connectivity index is 0.000000125. The molecule has 0 aliphatic carbocycles. The largest absolute Gasteiger partial charge is 0.489 e. The lowest BCUT2D eigenvalue weighted by atomic mass is 9.72. The Kier molecular flexibility index (Phi) is 16.9. The summed E-state index contributed by atoms with van der Waals surface area (Å²) < 4.78 is 13.6. The Labute approximate surface area is 605 Å². The van der Waals surface area contributed by atoms with E-state index >= 15 is 0 Å². The topological polar surface area (TPSA) is 66.7 Å². The summed E-state index contributed by atoms with van der Waals surface area (Å²) in [5.74, 6) is 0. The highest BCUT2D eigenvalue weighted by Crippen LogP contribution is 2.46. The number of hydrogen-bond donors (Lipinski definition) is 2. The highest BCUT2D eigenvalue weighted by molar-refractivity contribution is 9.10. The molecule has 2 N–H and O–H groups in total. The minimum absolute atomic E-state index is 0. The predicted molar refractivity (Wildman–Crippen MR) is 441 cm³/mol. The molecule has 0 bridgehead atoms. The summed E-state index contributed by atoms with van der Waals surface area (Å²) in [5, 5.41) is 38.7. The molecule has 0 fully saturated rings. The van der Waals surface area contributed by atoms with Crippen LogP contribution in [-0.2, 0) is 0 Å². The van der Waals surface area contributed by atoms with Gasteiger partial charge in [0, 0.05) is 37.1 Å². The molecule has 0 atom stereocenters. The molecule has 0 saturated carbocycles. The van der Waals surface area contributed by atoms with Gasteiger partial charge in [-0.2, -0.15) is 0 Å². The van der Waals surface area contributed by atoms with E-state index in [0.29, 0.717) is 5.46 Å². The van der Waals surface area contributed by atoms with Crippen molar-refractivity contribution in [2.45, 2.75) is 7.43 Å². The zero-order chi connectivity index (χ0) is 68.2. The van der Waals surface area contributed by atoms with Gasteiger partial charge in [-0.1, -0.05) is 345 Å². The summed E-state index contributed by atoms with van der Waals surface area (Å²) >= 11 is 3.53. The summed E-state index contributed by atoms with van der Waals surface area (Å²) in [7, 11) is -1.54. The Hall–Kier alpha value is -12.4. The van der Waals surface area contributed by atoms with Gasteiger partial charge in [0.1, 0.15) is 22.3 Å². The Morgan fingerprint density at radius 1 is 0.223 bits per heavy atom. The second-order valence-electron chi connectivity index (χ2n) is 26.0. The lowest BCUT2D eigenvalue weighted by Gasteiger charge is -2.18. The standard InChI is InChI=1S/C48H30O.C30H21BO2.C18H11BrO.CH4/c1-2-12-34-29-35(28-25-31(34)11-1)32-23-26-33(27-24-32)46-40-16-3-5-18-42(40)47(43-19-6-4-17-41(43)46)37-14-9-13-36(30-37)38-20-10-21-44-39-15-7-8-22-45(39)49-48(38)44;32-31(33)30-27-11-5-3-9-25(27)29(26-10-4-6-12-28(26)30)22-16-13-21(14-17-22)24-18-15-20-7-1-2-8-23(20)19-24;19-13-6-3-5-12(11-13)14-8-4-9-16-15-7-1-2-10-17(15)20-18(14)16;/h1-30H;1-19,32-33H;1-11H;1H4. The fraction of sp³-hybridized carbons (Fsp3) is 0.0103. The van der Waals surface area contributed by atoms with Crippen molar-refractivity contribution in [2.24, 2.45) is 0 Å². The maximum atomic E-state index is 10.2. The van der Waals surface area contributed by atoms with Gasteiger partial charge in [0.15, 0.2) is 0 Å². The molecule has 20 aromatic rings. The minimum atomic E-state index is -1.54. The van der Waals surface area contributed by atoms with Crippen LogP contribution in [0.2, 0.25) is 0 Å². The fourth-order valence-electron chi connectivity index (χ4n) is 15.3. The number of para-hydroxylation sites is 4. The Morgan fingerprint density at radius 2 is 0.534 bits per heavy atom. The number of benzene rings is 18. The third-order valence-corrected chi connectivity index (χ3v) is 20.6. The van der Waals surface area contributed by atoms with Gasteiger partial charge >= 0.3 is 7.12 Å². The van der Waals surface area contributed by atoms with Crippen LogP contribution in [0.15, 0.2) is 377 Å². The Morgan fingerprint density at radius 3 is 0.961 bits per heavy atom. The molecule has 0 saturated heterocycles. The van der Waals surface area contributed by atoms with E-state index in [0.717, 1.165) is 97.9 Å². The first-order valence-corrected chi connectivity index (χ1v) is 35.2. The molecule has 488 valence electrons. The lowest BCUT2D eigenvalue weighted by molar-refractivity contribution is 0.426. The molecular formula is C97H66BBrO4. The van der Waals surface area contributed by atoms with Crippen molar-refractivity contribution >= 4 is 137 Å². The van der Waals surface area contributed by atoms with E-state index in [2.05, 4.69) is 301 Å². The molecule has 6 heteroatoms. The molecule has 18 aromatic carbocycles. The normalized spacial score (nSPS) is 11.4. The monoisotopic (exact) mass is 1380 g/mol. The van der Waals surface area contributed by atoms with Crippen molar-refractivity contribution in [2.75, 3.05) is 0 Å². The van der Waals surface area contributed by atoms with Crippen LogP contribution in [0.4, 0.5) is 0 Å². The molecule has 103 heavy (non-hydrogen) atoms. The van der Waals surface area contributed by atoms with Gasteiger partial charge in [-0.15, -0.1) is 0 Å². The second-order valence-corrected chi connectivity index (χ2v) is 26.9. The SMILES string of the molecule is Brc1cccc(-c2cccc3c2oc2ccccc23)c1.C.OB(O)c1c2ccccc2c(-c2ccc(-c3ccc4ccccc4c3)cc2)c2ccccc12.c1cc(-c2c3ccccc3c(-c3ccc(-c4ccc5ccccc5c4)cc3)c3ccccc23)cc(-c2cccc3c2oc2ccccc23)c1. The molecule has 4 nitrogen and oxygen atoms in total. The number of hydrogen-bond acceptors (Lipinski definition) is 4. The maximum Gasteiger partial charge on any atom is 0.489 e. The van der Waals surface area contributed by atoms with Gasteiger partial charge in [0.2, 0.25) is 0 Å². The van der Waals surface area contributed by atoms with E-state index in [4.69, 9.17) is 8.83 Å². The van der Waals surface area contributed by atoms with Gasteiger partial charge in [0.05, 0.1) is 0 Å². The van der Waals surface area contributed by atoms with Crippen molar-refractivity contribution in [1.82, 2.24) is 0 Å². The van der Waals surface area contributed by atoms with Crippen LogP contribution in [-0.4, -0.2) is 17.2 Å². The summed E-state index contributed by atoms with van der Waals surface area (Å²) in [4.78, 5) is 0. The number of furan rings is 2. The van der Waals surface area contributed by atoms with Crippen LogP contribution in [0.3, 0.4) is 0 Å². The molecule has 0 unspecified atom stereocenters. The quantitative estimate of drug-likeness (QED) is 0.118. The minimum Gasteiger partial charge on any atom is -0.455 e. The van der Waals surface area contributed by atoms with E-state index in [1.807, 2.05) is 78.9 Å². The zero-order valence-electron chi connectivity index (χ0n) is 55.3. The van der Waals surface area contributed by atoms with Gasteiger partial charge in [-0.05, 0) is 179 Å². The molecule has 0 spiro atoms. The molecule has 2 aromatic heterocycles. The van der Waals surface area contributed by atoms with Crippen molar-refractivity contribution in [1.29, 1.82) is 0 Å². The molecule has 20 rings (SSSR count). The average molecular weight is 1390 g/mol. The van der Waals surface area contributed by atoms with Gasteiger partial charge in [-0.25, -0.2) is 0 Å². The van der Waals surface area contributed by atoms with Crippen LogP contribution >= 0.6 is 15.9 Å². The van der Waals surface area contributed by atoms with Crippen LogP contribution in [0, 0.1) is 0 Å². The molecule has 0 radical (unpaired) electrons. The average Bonchev–Trinajstić information content (AvgIpc) is 1.58. The summed E-state index contributed by atoms with van der Waals surface area (Å²) in [6.07, 6.45) is 0. The Bertz CT molecular complexity index is 6510. The van der Waals surface area contributed by atoms with Crippen molar-refractivity contribution in [3.05, 3.63) is 368 Å². The van der Waals surface area contributed by atoms with Crippen molar-refractivity contribution in [3.8, 4) is 77.9 Å². The third-order valence-electron chi connectivity index (χ3n) is 20.1. The first kappa shape index (κ1) is 64.0. The second kappa shape index (κ2) is 27.3. The highest BCUT2D eigenvalue weighted by Gasteiger charge is 2.24. The molecule has 0 aliphatic heterocycles. The van der Waals surface area contributed by atoms with Crippen LogP contribution < -0.4 is 5.46 Å². The highest BCUT2D eigenvalue weighted by atomic mass is 79.9. The van der Waals surface area contributed by atoms with Gasteiger partial charge in [-0.3, -0.25) is 0 Å². The lowest BCUT2D eigenvalue weighted by Crippen LogP contribution is -2.31. The maximum absolute atomic E-state index is 10.2. The van der Waals surface area contributed by atoms with Crippen LogP contribution in [0.25, 0.3) is 186 Å². The first-order chi connectivity index (χ1) is 50.3. The van der Waals surface area contributed by atoms with Crippen LogP contribution in [0.5, 0.6) is 0 Å². The van der Waals surface area contributed by atoms with E-state index in [-0.39, 0.29) is 7.43 Å². The molecule has 2 heterocycles. The van der Waals surface area contributed by atoms with E-state index in [1.54, 1.807) is 0 Å². The van der Waals surface area contributed by atoms with E-state index < -0.39 is 7.12 Å². The third kappa shape index (κ3) is 11.8. The fourth-order valence-corrected chi connectivity index (χ4v) is 15.7. The predicted octanol–water partition coefficient (Wildman–Crippen LogP) is 26.5. The number of rotatable bonds is 8. The van der Waals surface area contributed by atoms with E-state index in [9.17, 15) is 10.0 Å². The van der Waals surface area contributed by atoms with Gasteiger partial charge in [0.25, 0.3) is 0 Å². The summed E-state index contributed by atoms with van der Waals surface area (Å²) in [6, 6.07) is 128. The van der Waals surface area contributed by atoms with E-state index in [1.165, 1.54) is 93.0 Å².